The maximum Gasteiger partial charge on any atom is 0.251 e. The van der Waals surface area contributed by atoms with E-state index < -0.39 is 10.0 Å². The highest BCUT2D eigenvalue weighted by molar-refractivity contribution is 7.92. The molecule has 3 aromatic carbocycles. The van der Waals surface area contributed by atoms with Gasteiger partial charge in [0.15, 0.2) is 0 Å². The molecule has 184 valence electrons. The third-order valence-electron chi connectivity index (χ3n) is 6.32. The van der Waals surface area contributed by atoms with Crippen molar-refractivity contribution in [2.45, 2.75) is 38.9 Å². The molecular formula is C28H33N3O3S. The molecule has 1 aliphatic rings. The predicted molar refractivity (Wildman–Crippen MR) is 141 cm³/mol. The van der Waals surface area contributed by atoms with Crippen molar-refractivity contribution in [2.75, 3.05) is 23.7 Å². The summed E-state index contributed by atoms with van der Waals surface area (Å²) in [5.41, 5.74) is 4.32. The fourth-order valence-electron chi connectivity index (χ4n) is 4.34. The summed E-state index contributed by atoms with van der Waals surface area (Å²) >= 11 is 0. The molecular weight excluding hydrogens is 458 g/mol. The zero-order valence-corrected chi connectivity index (χ0v) is 21.0. The first-order valence-electron chi connectivity index (χ1n) is 12.1. The summed E-state index contributed by atoms with van der Waals surface area (Å²) in [5.74, 6) is -0.156. The number of hydrogen-bond donors (Lipinski definition) is 1. The highest BCUT2D eigenvalue weighted by atomic mass is 32.2. The Labute approximate surface area is 208 Å². The van der Waals surface area contributed by atoms with E-state index in [-0.39, 0.29) is 12.5 Å². The average Bonchev–Trinajstić information content (AvgIpc) is 2.87. The molecule has 3 aromatic rings. The zero-order valence-electron chi connectivity index (χ0n) is 20.2. The smallest absolute Gasteiger partial charge is 0.251 e. The van der Waals surface area contributed by atoms with Gasteiger partial charge >= 0.3 is 0 Å². The monoisotopic (exact) mass is 491 g/mol. The van der Waals surface area contributed by atoms with Crippen molar-refractivity contribution < 1.29 is 13.2 Å². The fraction of sp³-hybridized carbons (Fsp3) is 0.321. The lowest BCUT2D eigenvalue weighted by Gasteiger charge is -2.26. The number of nitrogens with zero attached hydrogens (tertiary/aromatic N) is 2. The summed E-state index contributed by atoms with van der Waals surface area (Å²) in [4.78, 5) is 15.1. The zero-order chi connectivity index (χ0) is 24.7. The van der Waals surface area contributed by atoms with E-state index in [1.165, 1.54) is 48.5 Å². The first-order valence-corrected chi connectivity index (χ1v) is 13.9. The summed E-state index contributed by atoms with van der Waals surface area (Å²) in [6, 6.07) is 24.5. The van der Waals surface area contributed by atoms with Crippen LogP contribution in [0.5, 0.6) is 0 Å². The molecule has 6 nitrogen and oxygen atoms in total. The van der Waals surface area contributed by atoms with Gasteiger partial charge in [-0.3, -0.25) is 14.0 Å². The Morgan fingerprint density at radius 1 is 0.829 bits per heavy atom. The van der Waals surface area contributed by atoms with Crippen molar-refractivity contribution in [3.63, 3.8) is 0 Å². The lowest BCUT2D eigenvalue weighted by atomic mass is 10.1. The van der Waals surface area contributed by atoms with E-state index in [9.17, 15) is 13.2 Å². The normalized spacial score (nSPS) is 14.4. The molecule has 1 N–H and O–H groups in total. The topological polar surface area (TPSA) is 69.7 Å². The summed E-state index contributed by atoms with van der Waals surface area (Å²) in [5, 5.41) is 2.97. The van der Waals surface area contributed by atoms with Crippen LogP contribution in [0.1, 0.15) is 46.3 Å². The highest BCUT2D eigenvalue weighted by Gasteiger charge is 2.18. The van der Waals surface area contributed by atoms with Crippen LogP contribution in [0.2, 0.25) is 0 Å². The van der Waals surface area contributed by atoms with Gasteiger partial charge in [-0.15, -0.1) is 0 Å². The minimum atomic E-state index is -3.44. The standard InChI is InChI=1S/C28H33N3O3S/c1-35(33,34)31(27-8-4-2-5-9-27)22-25-14-16-26(17-15-25)28(32)29-20-23-10-12-24(13-11-23)21-30-18-6-3-7-19-30/h2,4-5,8-17H,3,6-7,18-22H2,1H3,(H,29,32). The lowest BCUT2D eigenvalue weighted by molar-refractivity contribution is 0.0951. The van der Waals surface area contributed by atoms with Crippen molar-refractivity contribution in [1.29, 1.82) is 0 Å². The number of rotatable bonds is 9. The maximum absolute atomic E-state index is 12.6. The Balaban J connectivity index is 1.31. The van der Waals surface area contributed by atoms with Crippen molar-refractivity contribution >= 4 is 21.6 Å². The molecule has 1 saturated heterocycles. The van der Waals surface area contributed by atoms with E-state index in [2.05, 4.69) is 34.5 Å². The number of nitrogens with one attached hydrogen (secondary N) is 1. The minimum absolute atomic E-state index is 0.156. The van der Waals surface area contributed by atoms with Gasteiger partial charge in [-0.2, -0.15) is 0 Å². The SMILES string of the molecule is CS(=O)(=O)N(Cc1ccc(C(=O)NCc2ccc(CN3CCCCC3)cc2)cc1)c1ccccc1. The Bertz CT molecular complexity index is 1200. The number of para-hydroxylation sites is 1. The number of piperidine rings is 1. The van der Waals surface area contributed by atoms with E-state index in [0.29, 0.717) is 17.8 Å². The van der Waals surface area contributed by atoms with Crippen LogP contribution in [0.4, 0.5) is 5.69 Å². The first kappa shape index (κ1) is 24.9. The van der Waals surface area contributed by atoms with Gasteiger partial charge in [-0.25, -0.2) is 8.42 Å². The van der Waals surface area contributed by atoms with Gasteiger partial charge in [-0.1, -0.05) is 61.0 Å². The summed E-state index contributed by atoms with van der Waals surface area (Å²) in [7, 11) is -3.44. The number of sulfonamides is 1. The molecule has 1 aliphatic heterocycles. The minimum Gasteiger partial charge on any atom is -0.348 e. The molecule has 4 rings (SSSR count). The molecule has 0 aliphatic carbocycles. The van der Waals surface area contributed by atoms with E-state index in [1.807, 2.05) is 18.2 Å². The van der Waals surface area contributed by atoms with Gasteiger partial charge in [0.2, 0.25) is 10.0 Å². The molecule has 0 unspecified atom stereocenters. The number of anilines is 1. The molecule has 0 spiro atoms. The molecule has 0 aromatic heterocycles. The Kier molecular flexibility index (Phi) is 8.21. The van der Waals surface area contributed by atoms with E-state index >= 15 is 0 Å². The number of likely N-dealkylation sites (tertiary alicyclic amines) is 1. The van der Waals surface area contributed by atoms with Crippen molar-refractivity contribution in [3.8, 4) is 0 Å². The van der Waals surface area contributed by atoms with Gasteiger partial charge in [0.25, 0.3) is 5.91 Å². The lowest BCUT2D eigenvalue weighted by Crippen LogP contribution is -2.29. The second kappa shape index (κ2) is 11.5. The molecule has 0 atom stereocenters. The highest BCUT2D eigenvalue weighted by Crippen LogP contribution is 2.20. The number of hydrogen-bond acceptors (Lipinski definition) is 4. The van der Waals surface area contributed by atoms with Gasteiger partial charge in [-0.05, 0) is 66.9 Å². The summed E-state index contributed by atoms with van der Waals surface area (Å²) in [6.07, 6.45) is 5.11. The molecule has 1 heterocycles. The summed E-state index contributed by atoms with van der Waals surface area (Å²) in [6.45, 7) is 4.00. The van der Waals surface area contributed by atoms with E-state index in [4.69, 9.17) is 0 Å². The van der Waals surface area contributed by atoms with E-state index in [0.717, 1.165) is 17.7 Å². The molecule has 0 radical (unpaired) electrons. The molecule has 7 heteroatoms. The Morgan fingerprint density at radius 2 is 1.43 bits per heavy atom. The van der Waals surface area contributed by atoms with Gasteiger partial charge in [0.1, 0.15) is 0 Å². The number of benzene rings is 3. The second-order valence-electron chi connectivity index (χ2n) is 9.14. The number of amides is 1. The van der Waals surface area contributed by atoms with Crippen molar-refractivity contribution in [2.24, 2.45) is 0 Å². The van der Waals surface area contributed by atoms with Gasteiger partial charge < -0.3 is 5.32 Å². The quantitative estimate of drug-likeness (QED) is 0.476. The van der Waals surface area contributed by atoms with Crippen LogP contribution < -0.4 is 9.62 Å². The van der Waals surface area contributed by atoms with E-state index in [1.54, 1.807) is 36.4 Å². The third-order valence-corrected chi connectivity index (χ3v) is 7.46. The first-order chi connectivity index (χ1) is 16.9. The molecule has 1 fully saturated rings. The van der Waals surface area contributed by atoms with Crippen LogP contribution >= 0.6 is 0 Å². The Hall–Kier alpha value is -3.16. The van der Waals surface area contributed by atoms with Crippen molar-refractivity contribution in [1.82, 2.24) is 10.2 Å². The third kappa shape index (κ3) is 7.16. The maximum atomic E-state index is 12.6. The molecule has 0 bridgehead atoms. The predicted octanol–water partition coefficient (Wildman–Crippen LogP) is 4.57. The van der Waals surface area contributed by atoms with Gasteiger partial charge in [0, 0.05) is 18.7 Å². The van der Waals surface area contributed by atoms with Crippen LogP contribution in [-0.2, 0) is 29.7 Å². The number of carbonyl (C=O) groups excluding carboxylic acids is 1. The largest absolute Gasteiger partial charge is 0.348 e. The molecule has 35 heavy (non-hydrogen) atoms. The summed E-state index contributed by atoms with van der Waals surface area (Å²) < 4.78 is 26.0. The molecule has 0 saturated carbocycles. The van der Waals surface area contributed by atoms with Crippen LogP contribution in [0.25, 0.3) is 0 Å². The van der Waals surface area contributed by atoms with Crippen LogP contribution in [-0.4, -0.2) is 38.6 Å². The molecule has 1 amide bonds. The average molecular weight is 492 g/mol. The number of carbonyl (C=O) groups is 1. The van der Waals surface area contributed by atoms with Crippen LogP contribution in [0, 0.1) is 0 Å². The van der Waals surface area contributed by atoms with Gasteiger partial charge in [0.05, 0.1) is 18.5 Å². The van der Waals surface area contributed by atoms with Crippen LogP contribution in [0.3, 0.4) is 0 Å². The van der Waals surface area contributed by atoms with Crippen LogP contribution in [0.15, 0.2) is 78.9 Å². The second-order valence-corrected chi connectivity index (χ2v) is 11.0. The van der Waals surface area contributed by atoms with Crippen molar-refractivity contribution in [3.05, 3.63) is 101 Å². The Morgan fingerprint density at radius 3 is 2.06 bits per heavy atom. The fourth-order valence-corrected chi connectivity index (χ4v) is 5.23.